The van der Waals surface area contributed by atoms with Crippen molar-refractivity contribution >= 4 is 17.3 Å². The summed E-state index contributed by atoms with van der Waals surface area (Å²) in [7, 11) is 0. The van der Waals surface area contributed by atoms with Gasteiger partial charge in [-0.25, -0.2) is 4.98 Å². The van der Waals surface area contributed by atoms with E-state index in [0.29, 0.717) is 24.6 Å². The average Bonchev–Trinajstić information content (AvgIpc) is 2.87. The van der Waals surface area contributed by atoms with E-state index >= 15 is 0 Å². The predicted molar refractivity (Wildman–Crippen MR) is 72.9 cm³/mol. The Morgan fingerprint density at radius 1 is 1.58 bits per heavy atom. The molecule has 3 rings (SSSR count). The minimum absolute atomic E-state index is 0.241. The number of β-amino-alcohol motifs (C(OH)–C–C–N with tert-alkyl or cyclic N) is 1. The second-order valence-corrected chi connectivity index (χ2v) is 4.87. The van der Waals surface area contributed by atoms with Crippen LogP contribution in [-0.2, 0) is 0 Å². The van der Waals surface area contributed by atoms with Crippen molar-refractivity contribution in [3.05, 3.63) is 18.3 Å². The first-order valence-corrected chi connectivity index (χ1v) is 6.47. The Hall–Kier alpha value is -1.86. The minimum atomic E-state index is -0.308. The van der Waals surface area contributed by atoms with Gasteiger partial charge in [-0.3, -0.25) is 0 Å². The Morgan fingerprint density at radius 3 is 3.32 bits per heavy atom. The van der Waals surface area contributed by atoms with Crippen LogP contribution in [0.2, 0.25) is 0 Å². The molecule has 2 aromatic heterocycles. The Labute approximate surface area is 110 Å². The zero-order valence-corrected chi connectivity index (χ0v) is 10.6. The van der Waals surface area contributed by atoms with Crippen LogP contribution in [0.15, 0.2) is 18.3 Å². The number of fused-ring (bicyclic) bond motifs is 1. The number of anilines is 2. The first kappa shape index (κ1) is 12.2. The van der Waals surface area contributed by atoms with Crippen LogP contribution in [-0.4, -0.2) is 45.4 Å². The smallest absolute Gasteiger partial charge is 0.159 e. The molecule has 1 saturated heterocycles. The maximum atomic E-state index is 9.88. The molecule has 2 unspecified atom stereocenters. The van der Waals surface area contributed by atoms with Crippen molar-refractivity contribution in [2.75, 3.05) is 30.7 Å². The third-order valence-corrected chi connectivity index (χ3v) is 3.52. The van der Waals surface area contributed by atoms with E-state index in [1.165, 1.54) is 0 Å². The van der Waals surface area contributed by atoms with Crippen LogP contribution in [0.5, 0.6) is 0 Å². The van der Waals surface area contributed by atoms with E-state index in [0.717, 1.165) is 18.8 Å². The van der Waals surface area contributed by atoms with Crippen molar-refractivity contribution in [3.63, 3.8) is 0 Å². The molecule has 0 spiro atoms. The Morgan fingerprint density at radius 2 is 2.47 bits per heavy atom. The van der Waals surface area contributed by atoms with Crippen molar-refractivity contribution < 1.29 is 5.11 Å². The van der Waals surface area contributed by atoms with Gasteiger partial charge in [-0.2, -0.15) is 9.61 Å². The first-order chi connectivity index (χ1) is 9.24. The van der Waals surface area contributed by atoms with Crippen LogP contribution in [0.1, 0.15) is 6.42 Å². The van der Waals surface area contributed by atoms with Crippen LogP contribution in [0.3, 0.4) is 0 Å². The normalized spacial score (nSPS) is 23.6. The highest BCUT2D eigenvalue weighted by molar-refractivity contribution is 5.54. The number of rotatable bonds is 3. The lowest BCUT2D eigenvalue weighted by Crippen LogP contribution is -2.43. The van der Waals surface area contributed by atoms with Gasteiger partial charge in [0.25, 0.3) is 0 Å². The molecule has 2 atom stereocenters. The number of piperidine rings is 1. The van der Waals surface area contributed by atoms with Crippen LogP contribution < -0.4 is 16.4 Å². The fourth-order valence-corrected chi connectivity index (χ4v) is 2.40. The number of hydrogen-bond donors (Lipinski definition) is 4. The summed E-state index contributed by atoms with van der Waals surface area (Å²) in [6, 6.07) is 3.56. The highest BCUT2D eigenvalue weighted by Crippen LogP contribution is 2.16. The molecule has 0 radical (unpaired) electrons. The monoisotopic (exact) mass is 262 g/mol. The van der Waals surface area contributed by atoms with Gasteiger partial charge in [0.15, 0.2) is 5.65 Å². The summed E-state index contributed by atoms with van der Waals surface area (Å²) in [6.45, 7) is 2.30. The molecular weight excluding hydrogens is 244 g/mol. The number of nitrogens with two attached hydrogens (primary N) is 1. The average molecular weight is 262 g/mol. The highest BCUT2D eigenvalue weighted by atomic mass is 16.3. The van der Waals surface area contributed by atoms with Gasteiger partial charge in [0.1, 0.15) is 11.6 Å². The summed E-state index contributed by atoms with van der Waals surface area (Å²) in [6.07, 6.45) is 2.31. The molecule has 1 aliphatic rings. The van der Waals surface area contributed by atoms with E-state index in [1.54, 1.807) is 22.8 Å². The van der Waals surface area contributed by atoms with Gasteiger partial charge in [-0.1, -0.05) is 0 Å². The summed E-state index contributed by atoms with van der Waals surface area (Å²) >= 11 is 0. The summed E-state index contributed by atoms with van der Waals surface area (Å²) in [4.78, 5) is 4.42. The second kappa shape index (κ2) is 5.02. The maximum Gasteiger partial charge on any atom is 0.159 e. The van der Waals surface area contributed by atoms with Crippen LogP contribution in [0, 0.1) is 5.92 Å². The molecule has 0 amide bonds. The Bertz CT molecular complexity index is 568. The number of nitrogen functional groups attached to an aromatic ring is 1. The molecule has 102 valence electrons. The van der Waals surface area contributed by atoms with Gasteiger partial charge in [0, 0.05) is 31.1 Å². The van der Waals surface area contributed by atoms with Crippen molar-refractivity contribution in [3.8, 4) is 0 Å². The molecule has 5 N–H and O–H groups in total. The number of nitrogens with zero attached hydrogens (tertiary/aromatic N) is 3. The molecule has 7 nitrogen and oxygen atoms in total. The molecule has 0 aromatic carbocycles. The first-order valence-electron chi connectivity index (χ1n) is 6.47. The molecule has 1 fully saturated rings. The fraction of sp³-hybridized carbons (Fsp3) is 0.500. The summed E-state index contributed by atoms with van der Waals surface area (Å²) in [5.41, 5.74) is 6.61. The van der Waals surface area contributed by atoms with Crippen LogP contribution >= 0.6 is 0 Å². The maximum absolute atomic E-state index is 9.88. The van der Waals surface area contributed by atoms with Crippen molar-refractivity contribution in [2.45, 2.75) is 12.5 Å². The van der Waals surface area contributed by atoms with Gasteiger partial charge in [0.05, 0.1) is 12.3 Å². The fourth-order valence-electron chi connectivity index (χ4n) is 2.40. The van der Waals surface area contributed by atoms with Crippen molar-refractivity contribution in [2.24, 2.45) is 5.92 Å². The largest absolute Gasteiger partial charge is 0.391 e. The lowest BCUT2D eigenvalue weighted by atomic mass is 9.95. The quantitative estimate of drug-likeness (QED) is 0.605. The third-order valence-electron chi connectivity index (χ3n) is 3.52. The van der Waals surface area contributed by atoms with Crippen LogP contribution in [0.25, 0.3) is 5.65 Å². The van der Waals surface area contributed by atoms with E-state index in [-0.39, 0.29) is 12.0 Å². The Kier molecular flexibility index (Phi) is 3.22. The molecule has 7 heteroatoms. The lowest BCUT2D eigenvalue weighted by Gasteiger charge is -2.28. The predicted octanol–water partition coefficient (Wildman–Crippen LogP) is -0.306. The van der Waals surface area contributed by atoms with E-state index in [2.05, 4.69) is 20.7 Å². The molecule has 0 saturated carbocycles. The standard InChI is InChI=1S/C12H18N6O/c13-10-5-11(17-12-2-4-16-18(10)12)15-6-8-1-3-14-7-9(8)19/h2,4-5,8-9,14,19H,1,3,6-7,13H2,(H,15,17). The van der Waals surface area contributed by atoms with E-state index in [1.807, 2.05) is 0 Å². The van der Waals surface area contributed by atoms with Gasteiger partial charge >= 0.3 is 0 Å². The molecule has 19 heavy (non-hydrogen) atoms. The number of aromatic nitrogens is 3. The number of aliphatic hydroxyl groups excluding tert-OH is 1. The minimum Gasteiger partial charge on any atom is -0.391 e. The summed E-state index contributed by atoms with van der Waals surface area (Å²) < 4.78 is 1.59. The zero-order valence-electron chi connectivity index (χ0n) is 10.6. The molecular formula is C12H18N6O. The van der Waals surface area contributed by atoms with Gasteiger partial charge in [-0.15, -0.1) is 0 Å². The summed E-state index contributed by atoms with van der Waals surface area (Å²) in [5, 5.41) is 20.4. The van der Waals surface area contributed by atoms with E-state index < -0.39 is 0 Å². The Balaban J connectivity index is 1.71. The molecule has 3 heterocycles. The molecule has 0 bridgehead atoms. The van der Waals surface area contributed by atoms with E-state index in [9.17, 15) is 5.11 Å². The van der Waals surface area contributed by atoms with Gasteiger partial charge in [-0.05, 0) is 13.0 Å². The number of hydrogen-bond acceptors (Lipinski definition) is 6. The van der Waals surface area contributed by atoms with Gasteiger partial charge in [0.2, 0.25) is 0 Å². The third kappa shape index (κ3) is 2.47. The van der Waals surface area contributed by atoms with Crippen molar-refractivity contribution in [1.29, 1.82) is 0 Å². The van der Waals surface area contributed by atoms with E-state index in [4.69, 9.17) is 5.73 Å². The number of nitrogens with one attached hydrogen (secondary N) is 2. The second-order valence-electron chi connectivity index (χ2n) is 4.87. The molecule has 0 aliphatic carbocycles. The highest BCUT2D eigenvalue weighted by Gasteiger charge is 2.22. The SMILES string of the molecule is Nc1cc(NCC2CCNCC2O)nc2ccnn12. The van der Waals surface area contributed by atoms with Gasteiger partial charge < -0.3 is 21.5 Å². The van der Waals surface area contributed by atoms with Crippen LogP contribution in [0.4, 0.5) is 11.6 Å². The molecule has 2 aromatic rings. The topological polar surface area (TPSA) is 100 Å². The zero-order chi connectivity index (χ0) is 13.2. The number of aliphatic hydroxyl groups is 1. The lowest BCUT2D eigenvalue weighted by molar-refractivity contribution is 0.0883. The molecule has 1 aliphatic heterocycles. The summed E-state index contributed by atoms with van der Waals surface area (Å²) in [5.74, 6) is 1.50. The van der Waals surface area contributed by atoms with Crippen molar-refractivity contribution in [1.82, 2.24) is 19.9 Å².